The highest BCUT2D eigenvalue weighted by Gasteiger charge is 2.19. The number of halogens is 2. The minimum absolute atomic E-state index is 0.0756. The van der Waals surface area contributed by atoms with Gasteiger partial charge in [0.1, 0.15) is 0 Å². The molecule has 0 aliphatic heterocycles. The van der Waals surface area contributed by atoms with E-state index in [2.05, 4.69) is 4.98 Å². The Labute approximate surface area is 149 Å². The Balaban J connectivity index is 2.28. The van der Waals surface area contributed by atoms with Gasteiger partial charge in [-0.25, -0.2) is 0 Å². The molecule has 0 unspecified atom stereocenters. The summed E-state index contributed by atoms with van der Waals surface area (Å²) in [5.41, 5.74) is 1.82. The molecule has 24 heavy (non-hydrogen) atoms. The summed E-state index contributed by atoms with van der Waals surface area (Å²) in [6.07, 6.45) is 3.11. The third kappa shape index (κ3) is 4.69. The summed E-state index contributed by atoms with van der Waals surface area (Å²) in [6, 6.07) is 6.67. The third-order valence-corrected chi connectivity index (χ3v) is 4.29. The van der Waals surface area contributed by atoms with Crippen molar-refractivity contribution in [2.24, 2.45) is 0 Å². The van der Waals surface area contributed by atoms with E-state index in [1.165, 1.54) is 4.90 Å². The van der Waals surface area contributed by atoms with E-state index >= 15 is 0 Å². The molecule has 1 amide bonds. The fourth-order valence-corrected chi connectivity index (χ4v) is 2.63. The Morgan fingerprint density at radius 1 is 1.25 bits per heavy atom. The lowest BCUT2D eigenvalue weighted by atomic mass is 10.1. The molecule has 0 aliphatic carbocycles. The van der Waals surface area contributed by atoms with Gasteiger partial charge in [-0.2, -0.15) is 0 Å². The fourth-order valence-electron chi connectivity index (χ4n) is 2.15. The van der Waals surface area contributed by atoms with Crippen LogP contribution in [0.2, 0.25) is 10.0 Å². The van der Waals surface area contributed by atoms with Crippen LogP contribution in [0.1, 0.15) is 27.9 Å². The SMILES string of the molecule is Cc1c(Cl)cc(C(=O)N(CCC(=O)O)Cc2cccnc2)cc1Cl. The monoisotopic (exact) mass is 366 g/mol. The zero-order chi connectivity index (χ0) is 17.7. The predicted molar refractivity (Wildman–Crippen MR) is 92.4 cm³/mol. The summed E-state index contributed by atoms with van der Waals surface area (Å²) in [7, 11) is 0. The Hall–Kier alpha value is -2.11. The first kappa shape index (κ1) is 18.2. The molecule has 1 N–H and O–H groups in total. The quantitative estimate of drug-likeness (QED) is 0.843. The lowest BCUT2D eigenvalue weighted by Crippen LogP contribution is -2.32. The number of carboxylic acid groups (broad SMARTS) is 1. The van der Waals surface area contributed by atoms with Gasteiger partial charge in [0.2, 0.25) is 0 Å². The van der Waals surface area contributed by atoms with Gasteiger partial charge in [0, 0.05) is 41.1 Å². The van der Waals surface area contributed by atoms with Gasteiger partial charge in [0.15, 0.2) is 0 Å². The Morgan fingerprint density at radius 2 is 1.92 bits per heavy atom. The maximum atomic E-state index is 12.8. The van der Waals surface area contributed by atoms with Crippen LogP contribution < -0.4 is 0 Å². The van der Waals surface area contributed by atoms with Crippen molar-refractivity contribution >= 4 is 35.1 Å². The van der Waals surface area contributed by atoms with Crippen molar-refractivity contribution in [1.29, 1.82) is 0 Å². The summed E-state index contributed by atoms with van der Waals surface area (Å²) in [5, 5.41) is 9.70. The first-order chi connectivity index (χ1) is 11.4. The van der Waals surface area contributed by atoms with Crippen molar-refractivity contribution in [1.82, 2.24) is 9.88 Å². The van der Waals surface area contributed by atoms with E-state index in [0.717, 1.165) is 5.56 Å². The van der Waals surface area contributed by atoms with E-state index in [-0.39, 0.29) is 25.4 Å². The smallest absolute Gasteiger partial charge is 0.305 e. The number of nitrogens with zero attached hydrogens (tertiary/aromatic N) is 2. The van der Waals surface area contributed by atoms with Crippen molar-refractivity contribution in [2.75, 3.05) is 6.54 Å². The van der Waals surface area contributed by atoms with Crippen molar-refractivity contribution in [3.63, 3.8) is 0 Å². The highest BCUT2D eigenvalue weighted by molar-refractivity contribution is 6.36. The standard InChI is InChI=1S/C17H16Cl2N2O3/c1-11-14(18)7-13(8-15(11)19)17(24)21(6-4-16(22)23)10-12-3-2-5-20-9-12/h2-3,5,7-9H,4,6,10H2,1H3,(H,22,23). The lowest BCUT2D eigenvalue weighted by molar-refractivity contribution is -0.137. The molecule has 1 heterocycles. The third-order valence-electron chi connectivity index (χ3n) is 3.51. The molecule has 126 valence electrons. The maximum Gasteiger partial charge on any atom is 0.305 e. The summed E-state index contributed by atoms with van der Waals surface area (Å²) in [4.78, 5) is 29.1. The van der Waals surface area contributed by atoms with Crippen LogP contribution in [-0.4, -0.2) is 33.4 Å². The van der Waals surface area contributed by atoms with Gasteiger partial charge < -0.3 is 10.0 Å². The van der Waals surface area contributed by atoms with E-state index in [4.69, 9.17) is 28.3 Å². The molecule has 1 aromatic carbocycles. The van der Waals surface area contributed by atoms with E-state index in [1.54, 1.807) is 37.5 Å². The second-order valence-corrected chi connectivity index (χ2v) is 6.11. The van der Waals surface area contributed by atoms with Gasteiger partial charge in [0.05, 0.1) is 6.42 Å². The molecule has 0 bridgehead atoms. The number of benzene rings is 1. The molecule has 0 radical (unpaired) electrons. The van der Waals surface area contributed by atoms with Crippen LogP contribution in [0, 0.1) is 6.92 Å². The van der Waals surface area contributed by atoms with Crippen LogP contribution in [-0.2, 0) is 11.3 Å². The van der Waals surface area contributed by atoms with E-state index in [9.17, 15) is 9.59 Å². The largest absolute Gasteiger partial charge is 0.481 e. The molecule has 1 aromatic heterocycles. The molecular formula is C17H16Cl2N2O3. The molecule has 2 aromatic rings. The normalized spacial score (nSPS) is 10.5. The summed E-state index contributed by atoms with van der Waals surface area (Å²) in [5.74, 6) is -1.30. The number of carbonyl (C=O) groups is 2. The Kier molecular flexibility index (Phi) is 6.17. The molecule has 2 rings (SSSR count). The highest BCUT2D eigenvalue weighted by atomic mass is 35.5. The molecule has 0 aliphatic rings. The van der Waals surface area contributed by atoms with Gasteiger partial charge >= 0.3 is 5.97 Å². The number of rotatable bonds is 6. The minimum atomic E-state index is -0.973. The Morgan fingerprint density at radius 3 is 2.46 bits per heavy atom. The van der Waals surface area contributed by atoms with Gasteiger partial charge in [-0.1, -0.05) is 29.3 Å². The predicted octanol–water partition coefficient (Wildman–Crippen LogP) is 3.81. The average Bonchev–Trinajstić information content (AvgIpc) is 2.56. The van der Waals surface area contributed by atoms with Crippen molar-refractivity contribution in [2.45, 2.75) is 19.9 Å². The van der Waals surface area contributed by atoms with Crippen LogP contribution in [0.5, 0.6) is 0 Å². The van der Waals surface area contributed by atoms with Gasteiger partial charge in [-0.05, 0) is 36.2 Å². The highest BCUT2D eigenvalue weighted by Crippen LogP contribution is 2.26. The lowest BCUT2D eigenvalue weighted by Gasteiger charge is -2.22. The summed E-state index contributed by atoms with van der Waals surface area (Å²) >= 11 is 12.2. The van der Waals surface area contributed by atoms with Gasteiger partial charge in [0.25, 0.3) is 5.91 Å². The van der Waals surface area contributed by atoms with Crippen molar-refractivity contribution in [3.05, 3.63) is 63.4 Å². The van der Waals surface area contributed by atoms with Crippen LogP contribution in [0.25, 0.3) is 0 Å². The number of hydrogen-bond donors (Lipinski definition) is 1. The number of aromatic nitrogens is 1. The second-order valence-electron chi connectivity index (χ2n) is 5.30. The summed E-state index contributed by atoms with van der Waals surface area (Å²) in [6.45, 7) is 2.09. The molecule has 0 saturated heterocycles. The van der Waals surface area contributed by atoms with Crippen molar-refractivity contribution < 1.29 is 14.7 Å². The number of carbonyl (C=O) groups excluding carboxylic acids is 1. The van der Waals surface area contributed by atoms with Crippen LogP contribution in [0.4, 0.5) is 0 Å². The molecule has 0 saturated carbocycles. The van der Waals surface area contributed by atoms with Crippen LogP contribution >= 0.6 is 23.2 Å². The van der Waals surface area contributed by atoms with Crippen LogP contribution in [0.3, 0.4) is 0 Å². The Bertz CT molecular complexity index is 728. The molecular weight excluding hydrogens is 351 g/mol. The second kappa shape index (κ2) is 8.13. The zero-order valence-corrected chi connectivity index (χ0v) is 14.5. The van der Waals surface area contributed by atoms with Crippen LogP contribution in [0.15, 0.2) is 36.7 Å². The van der Waals surface area contributed by atoms with Gasteiger partial charge in [-0.15, -0.1) is 0 Å². The fraction of sp³-hybridized carbons (Fsp3) is 0.235. The minimum Gasteiger partial charge on any atom is -0.481 e. The van der Waals surface area contributed by atoms with E-state index in [0.29, 0.717) is 21.2 Å². The molecule has 7 heteroatoms. The first-order valence-corrected chi connectivity index (χ1v) is 7.99. The number of amides is 1. The number of pyridine rings is 1. The molecule has 0 fully saturated rings. The van der Waals surface area contributed by atoms with E-state index in [1.807, 2.05) is 6.07 Å². The number of carboxylic acids is 1. The molecule has 0 atom stereocenters. The topological polar surface area (TPSA) is 70.5 Å². The molecule has 0 spiro atoms. The number of hydrogen-bond acceptors (Lipinski definition) is 3. The molecule has 5 nitrogen and oxygen atoms in total. The van der Waals surface area contributed by atoms with E-state index < -0.39 is 5.97 Å². The van der Waals surface area contributed by atoms with Gasteiger partial charge in [-0.3, -0.25) is 14.6 Å². The summed E-state index contributed by atoms with van der Waals surface area (Å²) < 4.78 is 0. The maximum absolute atomic E-state index is 12.8. The first-order valence-electron chi connectivity index (χ1n) is 7.24. The zero-order valence-electron chi connectivity index (χ0n) is 13.0. The van der Waals surface area contributed by atoms with Crippen molar-refractivity contribution in [3.8, 4) is 0 Å². The average molecular weight is 367 g/mol. The number of aliphatic carboxylic acids is 1.